The molecule has 0 heterocycles. The van der Waals surface area contributed by atoms with E-state index in [0.717, 1.165) is 18.3 Å². The lowest BCUT2D eigenvalue weighted by atomic mass is 10.0. The second-order valence-corrected chi connectivity index (χ2v) is 6.37. The van der Waals surface area contributed by atoms with E-state index in [4.69, 9.17) is 10.2 Å². The maximum atomic E-state index is 13.7. The normalized spacial score (nSPS) is 12.2. The van der Waals surface area contributed by atoms with Crippen LogP contribution in [-0.4, -0.2) is 34.1 Å². The van der Waals surface area contributed by atoms with Crippen molar-refractivity contribution in [2.45, 2.75) is 19.4 Å². The van der Waals surface area contributed by atoms with E-state index in [1.807, 2.05) is 0 Å². The second-order valence-electron chi connectivity index (χ2n) is 5.13. The van der Waals surface area contributed by atoms with Crippen molar-refractivity contribution in [3.8, 4) is 0 Å². The Morgan fingerprint density at radius 1 is 1.36 bits per heavy atom. The third-order valence-electron chi connectivity index (χ3n) is 2.72. The lowest BCUT2D eigenvalue weighted by Gasteiger charge is -2.22. The first-order chi connectivity index (χ1) is 10.1. The van der Waals surface area contributed by atoms with Crippen molar-refractivity contribution in [1.82, 2.24) is 5.32 Å². The summed E-state index contributed by atoms with van der Waals surface area (Å²) in [6, 6.07) is 1.96. The molecule has 3 N–H and O–H groups in total. The van der Waals surface area contributed by atoms with Crippen LogP contribution in [0.1, 0.15) is 24.2 Å². The predicted molar refractivity (Wildman–Crippen MR) is 83.4 cm³/mol. The van der Waals surface area contributed by atoms with Gasteiger partial charge in [-0.25, -0.2) is 13.6 Å². The van der Waals surface area contributed by atoms with Crippen molar-refractivity contribution in [2.75, 3.05) is 6.61 Å². The SMILES string of the molecule is CC(C)(CO)N/C=C(\C(=O)O)C(=O)c1cc(I)cc(F)c1F. The van der Waals surface area contributed by atoms with Crippen LogP contribution in [0.25, 0.3) is 0 Å². The van der Waals surface area contributed by atoms with Crippen molar-refractivity contribution >= 4 is 34.3 Å². The van der Waals surface area contributed by atoms with E-state index in [2.05, 4.69) is 5.32 Å². The lowest BCUT2D eigenvalue weighted by molar-refractivity contribution is -0.132. The fourth-order valence-corrected chi connectivity index (χ4v) is 1.99. The van der Waals surface area contributed by atoms with Crippen molar-refractivity contribution in [1.29, 1.82) is 0 Å². The van der Waals surface area contributed by atoms with E-state index in [0.29, 0.717) is 0 Å². The first-order valence-electron chi connectivity index (χ1n) is 6.10. The lowest BCUT2D eigenvalue weighted by Crippen LogP contribution is -2.40. The van der Waals surface area contributed by atoms with Crippen LogP contribution in [0.15, 0.2) is 23.9 Å². The smallest absolute Gasteiger partial charge is 0.341 e. The van der Waals surface area contributed by atoms with Gasteiger partial charge in [-0.15, -0.1) is 0 Å². The Kier molecular flexibility index (Phi) is 6.00. The summed E-state index contributed by atoms with van der Waals surface area (Å²) < 4.78 is 27.3. The largest absolute Gasteiger partial charge is 0.477 e. The van der Waals surface area contributed by atoms with Gasteiger partial charge in [0.05, 0.1) is 17.7 Å². The number of benzene rings is 1. The van der Waals surface area contributed by atoms with Gasteiger partial charge in [0.1, 0.15) is 5.57 Å². The van der Waals surface area contributed by atoms with Crippen molar-refractivity contribution in [3.63, 3.8) is 0 Å². The number of nitrogens with one attached hydrogen (secondary N) is 1. The van der Waals surface area contributed by atoms with Gasteiger partial charge < -0.3 is 15.5 Å². The van der Waals surface area contributed by atoms with Gasteiger partial charge in [0.25, 0.3) is 0 Å². The Morgan fingerprint density at radius 3 is 2.45 bits per heavy atom. The zero-order valence-corrected chi connectivity index (χ0v) is 13.9. The van der Waals surface area contributed by atoms with Crippen LogP contribution >= 0.6 is 22.6 Å². The molecule has 0 aliphatic rings. The van der Waals surface area contributed by atoms with Gasteiger partial charge in [-0.2, -0.15) is 0 Å². The van der Waals surface area contributed by atoms with E-state index < -0.39 is 40.1 Å². The molecule has 0 bridgehead atoms. The zero-order chi connectivity index (χ0) is 17.1. The van der Waals surface area contributed by atoms with Gasteiger partial charge in [-0.1, -0.05) is 0 Å². The molecule has 5 nitrogen and oxygen atoms in total. The van der Waals surface area contributed by atoms with E-state index in [9.17, 15) is 18.4 Å². The van der Waals surface area contributed by atoms with Crippen molar-refractivity contribution in [3.05, 3.63) is 44.7 Å². The van der Waals surface area contributed by atoms with Crippen LogP contribution in [0.5, 0.6) is 0 Å². The highest BCUT2D eigenvalue weighted by Crippen LogP contribution is 2.20. The topological polar surface area (TPSA) is 86.6 Å². The summed E-state index contributed by atoms with van der Waals surface area (Å²) in [5.74, 6) is -5.39. The summed E-state index contributed by atoms with van der Waals surface area (Å²) in [4.78, 5) is 23.3. The quantitative estimate of drug-likeness (QED) is 0.162. The second kappa shape index (κ2) is 7.14. The summed E-state index contributed by atoms with van der Waals surface area (Å²) in [6.45, 7) is 2.81. The summed E-state index contributed by atoms with van der Waals surface area (Å²) in [5.41, 5.74) is -2.31. The zero-order valence-electron chi connectivity index (χ0n) is 11.8. The van der Waals surface area contributed by atoms with E-state index in [1.165, 1.54) is 0 Å². The molecule has 1 aromatic carbocycles. The first kappa shape index (κ1) is 18.5. The minimum Gasteiger partial charge on any atom is -0.477 e. The van der Waals surface area contributed by atoms with E-state index >= 15 is 0 Å². The van der Waals surface area contributed by atoms with Crippen LogP contribution < -0.4 is 5.32 Å². The summed E-state index contributed by atoms with van der Waals surface area (Å²) in [7, 11) is 0. The molecule has 0 saturated carbocycles. The standard InChI is InChI=1S/C14H14F2INO4/c1-14(2,6-19)18-5-9(13(21)22)12(20)8-3-7(17)4-10(15)11(8)16/h3-5,18-19H,6H2,1-2H3,(H,21,22)/b9-5-. The van der Waals surface area contributed by atoms with Crippen molar-refractivity contribution in [2.24, 2.45) is 0 Å². The van der Waals surface area contributed by atoms with Gasteiger partial charge in [0.15, 0.2) is 11.6 Å². The maximum absolute atomic E-state index is 13.7. The molecule has 8 heteroatoms. The number of hydrogen-bond acceptors (Lipinski definition) is 4. The Balaban J connectivity index is 3.26. The highest BCUT2D eigenvalue weighted by atomic mass is 127. The summed E-state index contributed by atoms with van der Waals surface area (Å²) >= 11 is 1.69. The van der Waals surface area contributed by atoms with Crippen molar-refractivity contribution < 1.29 is 28.6 Å². The fraction of sp³-hybridized carbons (Fsp3) is 0.286. The number of carbonyl (C=O) groups excluding carboxylic acids is 1. The number of carboxylic acids is 1. The maximum Gasteiger partial charge on any atom is 0.341 e. The van der Waals surface area contributed by atoms with Crippen LogP contribution in [0, 0.1) is 15.2 Å². The Bertz CT molecular complexity index is 644. The summed E-state index contributed by atoms with van der Waals surface area (Å²) in [6.07, 6.45) is 0.873. The van der Waals surface area contributed by atoms with Crippen LogP contribution in [0.3, 0.4) is 0 Å². The van der Waals surface area contributed by atoms with Crippen LogP contribution in [0.2, 0.25) is 0 Å². The van der Waals surface area contributed by atoms with Gasteiger partial charge in [0.2, 0.25) is 5.78 Å². The molecule has 0 aromatic heterocycles. The van der Waals surface area contributed by atoms with E-state index in [-0.39, 0.29) is 10.2 Å². The molecule has 0 fully saturated rings. The number of ketones is 1. The third-order valence-corrected chi connectivity index (χ3v) is 3.34. The molecule has 1 rings (SSSR count). The molecule has 0 amide bonds. The number of Topliss-reactive ketones (excluding diaryl/α,β-unsaturated/α-hetero) is 1. The van der Waals surface area contributed by atoms with Crippen LogP contribution in [-0.2, 0) is 4.79 Å². The minimum absolute atomic E-state index is 0.258. The molecular formula is C14H14F2INO4. The molecule has 0 atom stereocenters. The monoisotopic (exact) mass is 425 g/mol. The average Bonchev–Trinajstić information content (AvgIpc) is 2.42. The summed E-state index contributed by atoms with van der Waals surface area (Å²) in [5, 5.41) is 20.7. The number of carboxylic acid groups (broad SMARTS) is 1. The number of aliphatic hydroxyl groups excluding tert-OH is 1. The number of hydrogen-bond donors (Lipinski definition) is 3. The predicted octanol–water partition coefficient (Wildman–Crippen LogP) is 2.08. The van der Waals surface area contributed by atoms with Gasteiger partial charge in [-0.05, 0) is 48.6 Å². The number of halogens is 3. The molecule has 0 aliphatic heterocycles. The molecule has 120 valence electrons. The first-order valence-corrected chi connectivity index (χ1v) is 7.18. The molecule has 1 aromatic rings. The highest BCUT2D eigenvalue weighted by Gasteiger charge is 2.25. The minimum atomic E-state index is -1.59. The molecule has 0 unspecified atom stereocenters. The molecular weight excluding hydrogens is 411 g/mol. The van der Waals surface area contributed by atoms with Gasteiger partial charge in [-0.3, -0.25) is 4.79 Å². The number of carbonyl (C=O) groups is 2. The molecule has 22 heavy (non-hydrogen) atoms. The Labute approximate surface area is 139 Å². The average molecular weight is 425 g/mol. The van der Waals surface area contributed by atoms with Gasteiger partial charge >= 0.3 is 5.97 Å². The molecule has 0 saturated heterocycles. The number of aliphatic carboxylic acids is 1. The molecule has 0 radical (unpaired) electrons. The molecule has 0 aliphatic carbocycles. The fourth-order valence-electron chi connectivity index (χ4n) is 1.40. The molecule has 0 spiro atoms. The Hall–Kier alpha value is -1.55. The van der Waals surface area contributed by atoms with Crippen LogP contribution in [0.4, 0.5) is 8.78 Å². The highest BCUT2D eigenvalue weighted by molar-refractivity contribution is 14.1. The number of aliphatic hydroxyl groups is 1. The number of rotatable bonds is 6. The Morgan fingerprint density at radius 2 is 1.95 bits per heavy atom. The third kappa shape index (κ3) is 4.47. The van der Waals surface area contributed by atoms with Gasteiger partial charge in [0, 0.05) is 9.77 Å². The van der Waals surface area contributed by atoms with E-state index in [1.54, 1.807) is 36.4 Å².